The van der Waals surface area contributed by atoms with Gasteiger partial charge in [0.1, 0.15) is 17.7 Å². The lowest BCUT2D eigenvalue weighted by atomic mass is 10.0. The topological polar surface area (TPSA) is 72.2 Å². The fraction of sp³-hybridized carbons (Fsp3) is 0.263. The first-order chi connectivity index (χ1) is 12.0. The van der Waals surface area contributed by atoms with Gasteiger partial charge >= 0.3 is 0 Å². The number of rotatable bonds is 6. The van der Waals surface area contributed by atoms with Crippen molar-refractivity contribution in [2.24, 2.45) is 11.7 Å². The van der Waals surface area contributed by atoms with E-state index >= 15 is 0 Å². The van der Waals surface area contributed by atoms with Crippen molar-refractivity contribution in [2.75, 3.05) is 0 Å². The van der Waals surface area contributed by atoms with E-state index < -0.39 is 41.3 Å². The highest BCUT2D eigenvalue weighted by molar-refractivity contribution is 5.89. The Morgan fingerprint density at radius 3 is 2.32 bits per heavy atom. The van der Waals surface area contributed by atoms with E-state index in [1.807, 2.05) is 30.3 Å². The first-order valence-corrected chi connectivity index (χ1v) is 8.05. The van der Waals surface area contributed by atoms with E-state index in [0.717, 1.165) is 5.56 Å². The van der Waals surface area contributed by atoms with Crippen LogP contribution < -0.4 is 11.1 Å². The number of amides is 2. The molecule has 0 saturated heterocycles. The summed E-state index contributed by atoms with van der Waals surface area (Å²) in [4.78, 5) is 24.0. The minimum atomic E-state index is -0.860. The van der Waals surface area contributed by atoms with Crippen molar-refractivity contribution in [3.8, 4) is 0 Å². The number of carbonyl (C=O) groups is 2. The summed E-state index contributed by atoms with van der Waals surface area (Å²) in [6.07, 6.45) is 0.619. The Bertz CT molecular complexity index is 775. The number of nitrogens with two attached hydrogens (primary N) is 1. The normalized spacial score (nSPS) is 19.9. The average Bonchev–Trinajstić information content (AvgIpc) is 3.35. The number of hydrogen-bond donors (Lipinski definition) is 2. The standard InChI is InChI=1S/C19H18F2N2O2/c20-14-7-4-8-15(21)17(14)12-10-13(12)19(25)23-16(18(22)24)9-11-5-2-1-3-6-11/h1-8,12-13,16H,9-10H2,(H2,22,24)(H,23,25)/t12-,13-,16+/m0/s1. The molecule has 0 aliphatic heterocycles. The molecule has 4 nitrogen and oxygen atoms in total. The van der Waals surface area contributed by atoms with Crippen molar-refractivity contribution >= 4 is 11.8 Å². The third-order valence-electron chi connectivity index (χ3n) is 4.44. The summed E-state index contributed by atoms with van der Waals surface area (Å²) in [5, 5.41) is 2.61. The molecule has 0 bridgehead atoms. The Morgan fingerprint density at radius 1 is 1.08 bits per heavy atom. The van der Waals surface area contributed by atoms with Gasteiger partial charge in [0.15, 0.2) is 0 Å². The Balaban J connectivity index is 1.66. The van der Waals surface area contributed by atoms with E-state index in [4.69, 9.17) is 5.73 Å². The van der Waals surface area contributed by atoms with Crippen molar-refractivity contribution in [3.63, 3.8) is 0 Å². The molecule has 0 unspecified atom stereocenters. The third-order valence-corrected chi connectivity index (χ3v) is 4.44. The highest BCUT2D eigenvalue weighted by atomic mass is 19.1. The van der Waals surface area contributed by atoms with Gasteiger partial charge in [-0.05, 0) is 24.1 Å². The first kappa shape index (κ1) is 17.1. The van der Waals surface area contributed by atoms with Crippen LogP contribution in [0.25, 0.3) is 0 Å². The minimum absolute atomic E-state index is 0.0682. The number of hydrogen-bond acceptors (Lipinski definition) is 2. The summed E-state index contributed by atoms with van der Waals surface area (Å²) in [7, 11) is 0. The molecule has 2 amide bonds. The number of primary amides is 1. The van der Waals surface area contributed by atoms with E-state index in [1.165, 1.54) is 18.2 Å². The zero-order chi connectivity index (χ0) is 18.0. The number of halogens is 2. The summed E-state index contributed by atoms with van der Waals surface area (Å²) < 4.78 is 27.6. The van der Waals surface area contributed by atoms with E-state index in [1.54, 1.807) is 0 Å². The van der Waals surface area contributed by atoms with Crippen molar-refractivity contribution in [1.82, 2.24) is 5.32 Å². The molecule has 0 spiro atoms. The summed E-state index contributed by atoms with van der Waals surface area (Å²) in [5.74, 6) is -3.43. The van der Waals surface area contributed by atoms with Gasteiger partial charge in [-0.1, -0.05) is 36.4 Å². The molecule has 3 rings (SSSR count). The Kier molecular flexibility index (Phi) is 4.79. The van der Waals surface area contributed by atoms with Gasteiger partial charge in [0.25, 0.3) is 0 Å². The molecule has 3 atom stereocenters. The van der Waals surface area contributed by atoms with Gasteiger partial charge in [0, 0.05) is 23.8 Å². The van der Waals surface area contributed by atoms with Crippen molar-refractivity contribution in [2.45, 2.75) is 24.8 Å². The Labute approximate surface area is 144 Å². The molecular weight excluding hydrogens is 326 g/mol. The molecule has 1 fully saturated rings. The smallest absolute Gasteiger partial charge is 0.240 e. The van der Waals surface area contributed by atoms with Crippen LogP contribution in [0.15, 0.2) is 48.5 Å². The average molecular weight is 344 g/mol. The van der Waals surface area contributed by atoms with E-state index in [9.17, 15) is 18.4 Å². The van der Waals surface area contributed by atoms with Crippen LogP contribution in [0.4, 0.5) is 8.78 Å². The predicted octanol–water partition coefficient (Wildman–Crippen LogP) is 2.28. The lowest BCUT2D eigenvalue weighted by Gasteiger charge is -2.16. The molecule has 0 aromatic heterocycles. The second-order valence-electron chi connectivity index (χ2n) is 6.24. The Hall–Kier alpha value is -2.76. The molecule has 130 valence electrons. The predicted molar refractivity (Wildman–Crippen MR) is 88.5 cm³/mol. The van der Waals surface area contributed by atoms with Gasteiger partial charge in [0.05, 0.1) is 0 Å². The second kappa shape index (κ2) is 7.01. The lowest BCUT2D eigenvalue weighted by Crippen LogP contribution is -2.46. The molecule has 0 radical (unpaired) electrons. The van der Waals surface area contributed by atoms with Crippen LogP contribution >= 0.6 is 0 Å². The fourth-order valence-electron chi connectivity index (χ4n) is 3.02. The maximum Gasteiger partial charge on any atom is 0.240 e. The number of benzene rings is 2. The van der Waals surface area contributed by atoms with Crippen LogP contribution in [0.2, 0.25) is 0 Å². The van der Waals surface area contributed by atoms with E-state index in [0.29, 0.717) is 6.42 Å². The SMILES string of the molecule is NC(=O)[C@@H](Cc1ccccc1)NC(=O)[C@H]1C[C@@H]1c1c(F)cccc1F. The van der Waals surface area contributed by atoms with Gasteiger partial charge in [-0.2, -0.15) is 0 Å². The fourth-order valence-corrected chi connectivity index (χ4v) is 3.02. The first-order valence-electron chi connectivity index (χ1n) is 8.05. The molecule has 0 heterocycles. The van der Waals surface area contributed by atoms with Crippen LogP contribution in [0.1, 0.15) is 23.5 Å². The molecule has 3 N–H and O–H groups in total. The summed E-state index contributed by atoms with van der Waals surface area (Å²) in [5.41, 5.74) is 6.17. The molecule has 1 saturated carbocycles. The molecule has 6 heteroatoms. The molecule has 1 aliphatic carbocycles. The van der Waals surface area contributed by atoms with Gasteiger partial charge in [0.2, 0.25) is 11.8 Å². The summed E-state index contributed by atoms with van der Waals surface area (Å²) in [6.45, 7) is 0. The van der Waals surface area contributed by atoms with Gasteiger partial charge < -0.3 is 11.1 Å². The molecule has 1 aliphatic rings. The third kappa shape index (κ3) is 3.84. The molecular formula is C19H18F2N2O2. The second-order valence-corrected chi connectivity index (χ2v) is 6.24. The molecule has 25 heavy (non-hydrogen) atoms. The van der Waals surface area contributed by atoms with Crippen molar-refractivity contribution in [1.29, 1.82) is 0 Å². The molecule has 2 aromatic carbocycles. The number of carbonyl (C=O) groups excluding carboxylic acids is 2. The van der Waals surface area contributed by atoms with Crippen LogP contribution in [0, 0.1) is 17.6 Å². The molecule has 2 aromatic rings. The Morgan fingerprint density at radius 2 is 1.72 bits per heavy atom. The van der Waals surface area contributed by atoms with Crippen molar-refractivity contribution < 1.29 is 18.4 Å². The van der Waals surface area contributed by atoms with Crippen LogP contribution in [-0.2, 0) is 16.0 Å². The maximum atomic E-state index is 13.8. The minimum Gasteiger partial charge on any atom is -0.368 e. The zero-order valence-electron chi connectivity index (χ0n) is 13.4. The van der Waals surface area contributed by atoms with Crippen molar-refractivity contribution in [3.05, 3.63) is 71.3 Å². The zero-order valence-corrected chi connectivity index (χ0v) is 13.4. The lowest BCUT2D eigenvalue weighted by molar-refractivity contribution is -0.128. The van der Waals surface area contributed by atoms with Gasteiger partial charge in [-0.25, -0.2) is 8.78 Å². The van der Waals surface area contributed by atoms with Gasteiger partial charge in [-0.3, -0.25) is 9.59 Å². The van der Waals surface area contributed by atoms with E-state index in [2.05, 4.69) is 5.32 Å². The monoisotopic (exact) mass is 344 g/mol. The van der Waals surface area contributed by atoms with Gasteiger partial charge in [-0.15, -0.1) is 0 Å². The van der Waals surface area contributed by atoms with E-state index in [-0.39, 0.29) is 12.0 Å². The van der Waals surface area contributed by atoms with Crippen LogP contribution in [0.5, 0.6) is 0 Å². The quantitative estimate of drug-likeness (QED) is 0.844. The maximum absolute atomic E-state index is 13.8. The largest absolute Gasteiger partial charge is 0.368 e. The highest BCUT2D eigenvalue weighted by Gasteiger charge is 2.47. The van der Waals surface area contributed by atoms with Crippen LogP contribution in [0.3, 0.4) is 0 Å². The highest BCUT2D eigenvalue weighted by Crippen LogP contribution is 2.49. The summed E-state index contributed by atoms with van der Waals surface area (Å²) in [6, 6.07) is 11.9. The summed E-state index contributed by atoms with van der Waals surface area (Å²) >= 11 is 0. The van der Waals surface area contributed by atoms with Crippen LogP contribution in [-0.4, -0.2) is 17.9 Å². The number of nitrogens with one attached hydrogen (secondary N) is 1.